The van der Waals surface area contributed by atoms with Gasteiger partial charge in [0.05, 0.1) is 9.80 Å². The Morgan fingerprint density at radius 1 is 1.10 bits per heavy atom. The Labute approximate surface area is 131 Å². The molecule has 0 saturated heterocycles. The third kappa shape index (κ3) is 2.40. The minimum atomic E-state index is -3.47. The molecule has 1 aromatic carbocycles. The van der Waals surface area contributed by atoms with Gasteiger partial charge in [-0.05, 0) is 70.8 Å². The van der Waals surface area contributed by atoms with Crippen LogP contribution in [0, 0.1) is 3.57 Å². The SMILES string of the molecule is O=S(=O)(C1=CCCc2cc(I)ccc21)c1ccncc1. The molecule has 5 heteroatoms. The minimum absolute atomic E-state index is 0.296. The van der Waals surface area contributed by atoms with Gasteiger partial charge in [-0.25, -0.2) is 8.42 Å². The van der Waals surface area contributed by atoms with Crippen LogP contribution in [-0.4, -0.2) is 13.4 Å². The molecule has 1 aromatic heterocycles. The van der Waals surface area contributed by atoms with Crippen LogP contribution in [0.25, 0.3) is 4.91 Å². The lowest BCUT2D eigenvalue weighted by Crippen LogP contribution is -2.10. The topological polar surface area (TPSA) is 47.0 Å². The molecule has 0 amide bonds. The Bertz CT molecular complexity index is 783. The average Bonchev–Trinajstić information content (AvgIpc) is 2.47. The Morgan fingerprint density at radius 3 is 2.60 bits per heavy atom. The van der Waals surface area contributed by atoms with Gasteiger partial charge in [-0.1, -0.05) is 12.1 Å². The molecular weight excluding hydrogens is 385 g/mol. The highest BCUT2D eigenvalue weighted by atomic mass is 127. The summed E-state index contributed by atoms with van der Waals surface area (Å²) in [6.07, 6.45) is 6.48. The number of benzene rings is 1. The third-order valence-electron chi connectivity index (χ3n) is 3.33. The Hall–Kier alpha value is -1.21. The fraction of sp³-hybridized carbons (Fsp3) is 0.133. The lowest BCUT2D eigenvalue weighted by Gasteiger charge is -2.18. The zero-order valence-electron chi connectivity index (χ0n) is 10.6. The number of pyridine rings is 1. The number of rotatable bonds is 2. The first-order chi connectivity index (χ1) is 9.59. The number of aryl methyl sites for hydroxylation is 1. The summed E-state index contributed by atoms with van der Waals surface area (Å²) in [5.74, 6) is 0. The molecule has 0 N–H and O–H groups in total. The molecular formula is C15H12INO2S. The number of nitrogens with zero attached hydrogens (tertiary/aromatic N) is 1. The van der Waals surface area contributed by atoms with Crippen molar-refractivity contribution < 1.29 is 8.42 Å². The van der Waals surface area contributed by atoms with Crippen molar-refractivity contribution in [3.8, 4) is 0 Å². The average molecular weight is 397 g/mol. The summed E-state index contributed by atoms with van der Waals surface area (Å²) in [6.45, 7) is 0. The molecule has 3 nitrogen and oxygen atoms in total. The largest absolute Gasteiger partial charge is 0.265 e. The van der Waals surface area contributed by atoms with Gasteiger partial charge in [0, 0.05) is 16.0 Å². The Kier molecular flexibility index (Phi) is 3.64. The standard InChI is InChI=1S/C15H12INO2S/c16-12-4-5-14-11(10-12)2-1-3-15(14)20(18,19)13-6-8-17-9-7-13/h3-10H,1-2H2. The summed E-state index contributed by atoms with van der Waals surface area (Å²) in [6, 6.07) is 8.99. The van der Waals surface area contributed by atoms with E-state index in [1.54, 1.807) is 0 Å². The van der Waals surface area contributed by atoms with Crippen LogP contribution >= 0.6 is 22.6 Å². The van der Waals surface area contributed by atoms with E-state index in [1.165, 1.54) is 24.5 Å². The van der Waals surface area contributed by atoms with Gasteiger partial charge in [0.1, 0.15) is 0 Å². The highest BCUT2D eigenvalue weighted by Gasteiger charge is 2.25. The van der Waals surface area contributed by atoms with Crippen molar-refractivity contribution in [1.82, 2.24) is 4.98 Å². The monoisotopic (exact) mass is 397 g/mol. The molecule has 1 aliphatic carbocycles. The molecule has 0 atom stereocenters. The minimum Gasteiger partial charge on any atom is -0.265 e. The van der Waals surface area contributed by atoms with Gasteiger partial charge in [0.15, 0.2) is 0 Å². The van der Waals surface area contributed by atoms with Gasteiger partial charge in [0.2, 0.25) is 9.84 Å². The van der Waals surface area contributed by atoms with E-state index >= 15 is 0 Å². The van der Waals surface area contributed by atoms with Crippen molar-refractivity contribution in [3.05, 3.63) is 63.5 Å². The van der Waals surface area contributed by atoms with E-state index in [0.717, 1.165) is 27.5 Å². The maximum absolute atomic E-state index is 12.7. The number of hydrogen-bond donors (Lipinski definition) is 0. The summed E-state index contributed by atoms with van der Waals surface area (Å²) in [4.78, 5) is 4.59. The van der Waals surface area contributed by atoms with E-state index < -0.39 is 9.84 Å². The van der Waals surface area contributed by atoms with Crippen LogP contribution in [0.3, 0.4) is 0 Å². The lowest BCUT2D eigenvalue weighted by molar-refractivity contribution is 0.605. The second kappa shape index (κ2) is 5.29. The second-order valence-electron chi connectivity index (χ2n) is 4.59. The van der Waals surface area contributed by atoms with Gasteiger partial charge < -0.3 is 0 Å². The maximum atomic E-state index is 12.7. The molecule has 0 aliphatic heterocycles. The van der Waals surface area contributed by atoms with Gasteiger partial charge in [-0.3, -0.25) is 4.98 Å². The zero-order valence-corrected chi connectivity index (χ0v) is 13.6. The highest BCUT2D eigenvalue weighted by molar-refractivity contribution is 14.1. The Morgan fingerprint density at radius 2 is 1.85 bits per heavy atom. The highest BCUT2D eigenvalue weighted by Crippen LogP contribution is 2.34. The molecule has 0 radical (unpaired) electrons. The molecule has 0 bridgehead atoms. The van der Waals surface area contributed by atoms with Crippen LogP contribution < -0.4 is 0 Å². The van der Waals surface area contributed by atoms with Crippen LogP contribution in [0.1, 0.15) is 17.5 Å². The van der Waals surface area contributed by atoms with Gasteiger partial charge in [-0.2, -0.15) is 0 Å². The number of sulfone groups is 1. The fourth-order valence-corrected chi connectivity index (χ4v) is 4.49. The number of halogens is 1. The summed E-state index contributed by atoms with van der Waals surface area (Å²) in [5, 5.41) is 0. The van der Waals surface area contributed by atoms with Crippen LogP contribution in [0.15, 0.2) is 53.7 Å². The van der Waals surface area contributed by atoms with Crippen molar-refractivity contribution in [2.75, 3.05) is 0 Å². The van der Waals surface area contributed by atoms with Crippen molar-refractivity contribution in [2.45, 2.75) is 17.7 Å². The van der Waals surface area contributed by atoms with Crippen LogP contribution in [-0.2, 0) is 16.3 Å². The van der Waals surface area contributed by atoms with E-state index in [1.807, 2.05) is 18.2 Å². The normalized spacial score (nSPS) is 14.6. The molecule has 3 rings (SSSR count). The number of fused-ring (bicyclic) bond motifs is 1. The number of aromatic nitrogens is 1. The van der Waals surface area contributed by atoms with Gasteiger partial charge >= 0.3 is 0 Å². The molecule has 1 heterocycles. The third-order valence-corrected chi connectivity index (χ3v) is 5.86. The van der Waals surface area contributed by atoms with Crippen LogP contribution in [0.2, 0.25) is 0 Å². The molecule has 0 spiro atoms. The maximum Gasteiger partial charge on any atom is 0.206 e. The zero-order chi connectivity index (χ0) is 14.2. The summed E-state index contributed by atoms with van der Waals surface area (Å²) in [7, 11) is -3.47. The number of hydrogen-bond acceptors (Lipinski definition) is 3. The fourth-order valence-electron chi connectivity index (χ4n) is 2.38. The molecule has 2 aromatic rings. The first-order valence-electron chi connectivity index (χ1n) is 6.23. The number of allylic oxidation sites excluding steroid dienone is 1. The van der Waals surface area contributed by atoms with Crippen molar-refractivity contribution in [1.29, 1.82) is 0 Å². The van der Waals surface area contributed by atoms with E-state index in [0.29, 0.717) is 9.80 Å². The Balaban J connectivity index is 2.15. The van der Waals surface area contributed by atoms with E-state index in [9.17, 15) is 8.42 Å². The predicted molar refractivity (Wildman–Crippen MR) is 86.9 cm³/mol. The predicted octanol–water partition coefficient (Wildman–Crippen LogP) is 3.45. The smallest absolute Gasteiger partial charge is 0.206 e. The van der Waals surface area contributed by atoms with Crippen LogP contribution in [0.5, 0.6) is 0 Å². The summed E-state index contributed by atoms with van der Waals surface area (Å²) >= 11 is 2.25. The molecule has 0 saturated carbocycles. The van der Waals surface area contributed by atoms with Crippen molar-refractivity contribution in [3.63, 3.8) is 0 Å². The quantitative estimate of drug-likeness (QED) is 0.730. The van der Waals surface area contributed by atoms with E-state index in [-0.39, 0.29) is 0 Å². The van der Waals surface area contributed by atoms with Crippen molar-refractivity contribution >= 4 is 37.3 Å². The van der Waals surface area contributed by atoms with Gasteiger partial charge in [0.25, 0.3) is 0 Å². The van der Waals surface area contributed by atoms with E-state index in [2.05, 4.69) is 33.6 Å². The van der Waals surface area contributed by atoms with Crippen molar-refractivity contribution in [2.24, 2.45) is 0 Å². The molecule has 20 heavy (non-hydrogen) atoms. The van der Waals surface area contributed by atoms with E-state index in [4.69, 9.17) is 0 Å². The van der Waals surface area contributed by atoms with Crippen LogP contribution in [0.4, 0.5) is 0 Å². The molecule has 1 aliphatic rings. The molecule has 102 valence electrons. The lowest BCUT2D eigenvalue weighted by atomic mass is 9.97. The summed E-state index contributed by atoms with van der Waals surface area (Å²) < 4.78 is 26.6. The first kappa shape index (κ1) is 13.8. The summed E-state index contributed by atoms with van der Waals surface area (Å²) in [5.41, 5.74) is 1.93. The first-order valence-corrected chi connectivity index (χ1v) is 8.79. The molecule has 0 fully saturated rings. The second-order valence-corrected chi connectivity index (χ2v) is 7.76. The van der Waals surface area contributed by atoms with Gasteiger partial charge in [-0.15, -0.1) is 0 Å². The molecule has 0 unspecified atom stereocenters.